The zero-order valence-corrected chi connectivity index (χ0v) is 14.5. The van der Waals surface area contributed by atoms with E-state index in [2.05, 4.69) is 35.1 Å². The van der Waals surface area contributed by atoms with E-state index in [-0.39, 0.29) is 11.8 Å². The minimum Gasteiger partial charge on any atom is -0.330 e. The fourth-order valence-corrected chi connectivity index (χ4v) is 2.86. The lowest BCUT2D eigenvalue weighted by molar-refractivity contribution is -0.117. The average molecular weight is 362 g/mol. The molecule has 5 heteroatoms. The number of rotatable bonds is 6. The summed E-state index contributed by atoms with van der Waals surface area (Å²) in [5, 5.41) is 3.53. The van der Waals surface area contributed by atoms with Crippen LogP contribution in [0.1, 0.15) is 32.3 Å². The molecule has 0 radical (unpaired) electrons. The third-order valence-electron chi connectivity index (χ3n) is 3.13. The lowest BCUT2D eigenvalue weighted by atomic mass is 9.94. The Kier molecular flexibility index (Phi) is 7.00. The number of benzene rings is 1. The van der Waals surface area contributed by atoms with Gasteiger partial charge >= 0.3 is 0 Å². The second-order valence-electron chi connectivity index (χ2n) is 5.56. The Labute approximate surface area is 134 Å². The second kappa shape index (κ2) is 8.01. The number of hydrogen-bond donors (Lipinski definition) is 2. The molecule has 1 aromatic carbocycles. The van der Waals surface area contributed by atoms with Crippen LogP contribution in [-0.2, 0) is 4.79 Å². The molecule has 1 aromatic rings. The predicted molar refractivity (Wildman–Crippen MR) is 89.1 cm³/mol. The van der Waals surface area contributed by atoms with Crippen molar-refractivity contribution in [3.63, 3.8) is 0 Å². The molecule has 0 aliphatic rings. The van der Waals surface area contributed by atoms with Gasteiger partial charge in [-0.15, -0.1) is 0 Å². The van der Waals surface area contributed by atoms with Crippen molar-refractivity contribution < 1.29 is 4.79 Å². The van der Waals surface area contributed by atoms with E-state index in [1.165, 1.54) is 0 Å². The molecule has 1 atom stereocenters. The Balaban J connectivity index is 2.68. The molecular weight excluding hydrogens is 340 g/mol. The lowest BCUT2D eigenvalue weighted by Crippen LogP contribution is -2.23. The first-order chi connectivity index (χ1) is 9.33. The van der Waals surface area contributed by atoms with E-state index < -0.39 is 0 Å². The van der Waals surface area contributed by atoms with Crippen LogP contribution in [0.15, 0.2) is 16.6 Å². The van der Waals surface area contributed by atoms with Crippen molar-refractivity contribution in [2.45, 2.75) is 33.6 Å². The second-order valence-corrected chi connectivity index (χ2v) is 6.83. The van der Waals surface area contributed by atoms with Gasteiger partial charge in [0, 0.05) is 15.9 Å². The van der Waals surface area contributed by atoms with E-state index >= 15 is 0 Å². The van der Waals surface area contributed by atoms with Gasteiger partial charge in [0.05, 0.1) is 5.69 Å². The number of nitrogens with two attached hydrogens (primary N) is 1. The minimum atomic E-state index is -0.0262. The van der Waals surface area contributed by atoms with Gasteiger partial charge < -0.3 is 11.1 Å². The Hall–Kier alpha value is -0.580. The molecule has 0 saturated carbocycles. The van der Waals surface area contributed by atoms with Gasteiger partial charge in [-0.25, -0.2) is 0 Å². The monoisotopic (exact) mass is 360 g/mol. The largest absolute Gasteiger partial charge is 0.330 e. The van der Waals surface area contributed by atoms with Crippen molar-refractivity contribution >= 4 is 39.1 Å². The molecule has 0 bridgehead atoms. The van der Waals surface area contributed by atoms with Crippen LogP contribution in [0, 0.1) is 18.8 Å². The standard InChI is InChI=1S/C15H22BrClN2O/c1-9(2)4-11(8-18)6-15(20)19-14-7-13(17)10(3)5-12(14)16/h5,7,9,11H,4,6,8,18H2,1-3H3,(H,19,20). The van der Waals surface area contributed by atoms with Gasteiger partial charge in [-0.2, -0.15) is 0 Å². The van der Waals surface area contributed by atoms with Crippen LogP contribution in [0.2, 0.25) is 5.02 Å². The Morgan fingerprint density at radius 2 is 2.10 bits per heavy atom. The predicted octanol–water partition coefficient (Wildman–Crippen LogP) is 4.36. The van der Waals surface area contributed by atoms with Gasteiger partial charge in [-0.3, -0.25) is 4.79 Å². The zero-order valence-electron chi connectivity index (χ0n) is 12.2. The molecule has 0 spiro atoms. The molecule has 0 saturated heterocycles. The summed E-state index contributed by atoms with van der Waals surface area (Å²) in [6.07, 6.45) is 1.40. The van der Waals surface area contributed by atoms with Gasteiger partial charge in [-0.1, -0.05) is 25.4 Å². The maximum atomic E-state index is 12.1. The molecule has 0 aromatic heterocycles. The summed E-state index contributed by atoms with van der Waals surface area (Å²) in [6.45, 7) is 6.72. The van der Waals surface area contributed by atoms with E-state index in [1.807, 2.05) is 13.0 Å². The molecule has 0 aliphatic heterocycles. The molecule has 0 fully saturated rings. The molecule has 0 heterocycles. The molecule has 112 valence electrons. The highest BCUT2D eigenvalue weighted by Gasteiger charge is 2.15. The molecule has 3 nitrogen and oxygen atoms in total. The molecule has 1 rings (SSSR count). The van der Waals surface area contributed by atoms with Gasteiger partial charge in [0.1, 0.15) is 0 Å². The van der Waals surface area contributed by atoms with Crippen LogP contribution >= 0.6 is 27.5 Å². The van der Waals surface area contributed by atoms with Crippen molar-refractivity contribution in [3.8, 4) is 0 Å². The van der Waals surface area contributed by atoms with Crippen LogP contribution in [0.5, 0.6) is 0 Å². The smallest absolute Gasteiger partial charge is 0.224 e. The van der Waals surface area contributed by atoms with Gasteiger partial charge in [0.15, 0.2) is 0 Å². The highest BCUT2D eigenvalue weighted by molar-refractivity contribution is 9.10. The molecular formula is C15H22BrClN2O. The maximum absolute atomic E-state index is 12.1. The number of anilines is 1. The van der Waals surface area contributed by atoms with Gasteiger partial charge in [-0.05, 0) is 65.4 Å². The van der Waals surface area contributed by atoms with Crippen LogP contribution in [0.4, 0.5) is 5.69 Å². The number of halogens is 2. The molecule has 20 heavy (non-hydrogen) atoms. The minimum absolute atomic E-state index is 0.0262. The van der Waals surface area contributed by atoms with Gasteiger partial charge in [0.2, 0.25) is 5.91 Å². The number of carbonyl (C=O) groups is 1. The molecule has 1 amide bonds. The van der Waals surface area contributed by atoms with Crippen LogP contribution < -0.4 is 11.1 Å². The molecule has 3 N–H and O–H groups in total. The van der Waals surface area contributed by atoms with Crippen molar-refractivity contribution in [2.24, 2.45) is 17.6 Å². The summed E-state index contributed by atoms with van der Waals surface area (Å²) in [6, 6.07) is 3.66. The summed E-state index contributed by atoms with van der Waals surface area (Å²) in [4.78, 5) is 12.1. The van der Waals surface area contributed by atoms with Crippen LogP contribution in [0.3, 0.4) is 0 Å². The Morgan fingerprint density at radius 3 is 2.65 bits per heavy atom. The fourth-order valence-electron chi connectivity index (χ4n) is 2.14. The summed E-state index contributed by atoms with van der Waals surface area (Å²) in [5.74, 6) is 0.730. The molecule has 0 aliphatic carbocycles. The van der Waals surface area contributed by atoms with Gasteiger partial charge in [0.25, 0.3) is 0 Å². The topological polar surface area (TPSA) is 55.1 Å². The van der Waals surface area contributed by atoms with E-state index in [0.717, 1.165) is 16.5 Å². The summed E-state index contributed by atoms with van der Waals surface area (Å²) < 4.78 is 0.834. The SMILES string of the molecule is Cc1cc(Br)c(NC(=O)CC(CN)CC(C)C)cc1Cl. The van der Waals surface area contributed by atoms with Crippen LogP contribution in [-0.4, -0.2) is 12.5 Å². The summed E-state index contributed by atoms with van der Waals surface area (Å²) in [7, 11) is 0. The highest BCUT2D eigenvalue weighted by Crippen LogP contribution is 2.29. The fraction of sp³-hybridized carbons (Fsp3) is 0.533. The number of hydrogen-bond acceptors (Lipinski definition) is 2. The highest BCUT2D eigenvalue weighted by atomic mass is 79.9. The van der Waals surface area contributed by atoms with Crippen molar-refractivity contribution in [1.29, 1.82) is 0 Å². The maximum Gasteiger partial charge on any atom is 0.224 e. The Bertz CT molecular complexity index is 477. The number of carbonyl (C=O) groups excluding carboxylic acids is 1. The van der Waals surface area contributed by atoms with Crippen molar-refractivity contribution in [1.82, 2.24) is 0 Å². The van der Waals surface area contributed by atoms with E-state index in [4.69, 9.17) is 17.3 Å². The lowest BCUT2D eigenvalue weighted by Gasteiger charge is -2.17. The first-order valence-electron chi connectivity index (χ1n) is 6.79. The molecule has 1 unspecified atom stereocenters. The zero-order chi connectivity index (χ0) is 15.3. The average Bonchev–Trinajstić information content (AvgIpc) is 2.34. The number of amides is 1. The quantitative estimate of drug-likeness (QED) is 0.791. The number of aryl methyl sites for hydroxylation is 1. The first kappa shape index (κ1) is 17.5. The normalized spacial score (nSPS) is 12.6. The summed E-state index contributed by atoms with van der Waals surface area (Å²) >= 11 is 9.51. The Morgan fingerprint density at radius 1 is 1.45 bits per heavy atom. The third kappa shape index (κ3) is 5.43. The van der Waals surface area contributed by atoms with Crippen molar-refractivity contribution in [3.05, 3.63) is 27.2 Å². The summed E-state index contributed by atoms with van der Waals surface area (Å²) in [5.41, 5.74) is 7.39. The van der Waals surface area contributed by atoms with Crippen LogP contribution in [0.25, 0.3) is 0 Å². The van der Waals surface area contributed by atoms with Crippen molar-refractivity contribution in [2.75, 3.05) is 11.9 Å². The third-order valence-corrected chi connectivity index (χ3v) is 4.20. The first-order valence-corrected chi connectivity index (χ1v) is 7.96. The van der Waals surface area contributed by atoms with E-state index in [9.17, 15) is 4.79 Å². The van der Waals surface area contributed by atoms with E-state index in [1.54, 1.807) is 6.07 Å². The number of nitrogens with one attached hydrogen (secondary N) is 1. The van der Waals surface area contributed by atoms with E-state index in [0.29, 0.717) is 29.6 Å².